The van der Waals surface area contributed by atoms with Gasteiger partial charge in [-0.25, -0.2) is 0 Å². The van der Waals surface area contributed by atoms with E-state index in [1.165, 1.54) is 0 Å². The summed E-state index contributed by atoms with van der Waals surface area (Å²) in [7, 11) is 0. The topological polar surface area (TPSA) is 26.3 Å². The Morgan fingerprint density at radius 2 is 1.73 bits per heavy atom. The number of hydrogen-bond acceptors (Lipinski definition) is 2. The van der Waals surface area contributed by atoms with Crippen LogP contribution >= 0.6 is 0 Å². The summed E-state index contributed by atoms with van der Waals surface area (Å²) in [5, 5.41) is 0. The van der Waals surface area contributed by atoms with Crippen molar-refractivity contribution in [2.24, 2.45) is 0 Å². The molecule has 0 amide bonds. The van der Waals surface area contributed by atoms with E-state index < -0.39 is 0 Å². The minimum Gasteiger partial charge on any atom is -0.466 e. The van der Waals surface area contributed by atoms with Crippen molar-refractivity contribution in [2.75, 3.05) is 6.61 Å². The molecule has 0 aromatic rings. The Hall–Kier alpha value is 0.574. The smallest absolute Gasteiger partial charge is 0.305 e. The monoisotopic (exact) mass is 235 g/mol. The van der Waals surface area contributed by atoms with Crippen LogP contribution in [0.3, 0.4) is 0 Å². The molecule has 11 heavy (non-hydrogen) atoms. The zero-order chi connectivity index (χ0) is 6.41. The fraction of sp³-hybridized carbons (Fsp3) is 0.625. The van der Waals surface area contributed by atoms with E-state index in [1.807, 2.05) is 13.8 Å². The van der Waals surface area contributed by atoms with Gasteiger partial charge in [-0.05, 0) is 6.42 Å². The number of cyclic esters (lactones) is 1. The Balaban J connectivity index is -0.0000000459. The van der Waals surface area contributed by atoms with E-state index in [0.29, 0.717) is 13.0 Å². The van der Waals surface area contributed by atoms with Crippen molar-refractivity contribution in [3.8, 4) is 0 Å². The third-order valence-electron chi connectivity index (χ3n) is 0.788. The number of carbonyl (C=O) groups is 1. The molecule has 0 atom stereocenters. The van der Waals surface area contributed by atoms with Gasteiger partial charge in [-0.15, -0.1) is 0 Å². The van der Waals surface area contributed by atoms with Gasteiger partial charge in [-0.2, -0.15) is 0 Å². The van der Waals surface area contributed by atoms with Gasteiger partial charge in [0.1, 0.15) is 0 Å². The summed E-state index contributed by atoms with van der Waals surface area (Å²) in [6.45, 7) is 4.64. The Labute approximate surface area is 96.0 Å². The van der Waals surface area contributed by atoms with Crippen molar-refractivity contribution in [3.05, 3.63) is 14.9 Å². The fourth-order valence-corrected chi connectivity index (χ4v) is 0.475. The van der Waals surface area contributed by atoms with Gasteiger partial charge in [-0.3, -0.25) is 4.79 Å². The van der Waals surface area contributed by atoms with Gasteiger partial charge in [0.15, 0.2) is 0 Å². The van der Waals surface area contributed by atoms with E-state index in [4.69, 9.17) is 0 Å². The van der Waals surface area contributed by atoms with Crippen LogP contribution in [-0.4, -0.2) is 12.6 Å². The Kier molecular flexibility index (Phi) is 34.6. The number of hydrogen-bond donors (Lipinski definition) is 0. The standard InChI is InChI=1S/C4H6O2.C2H6.2CH3.Y/c5-4-2-1-3-6-4;1-2;;;/h1-3H2;1-2H3;2*1H3;/q;;2*-1;. The van der Waals surface area contributed by atoms with E-state index in [1.54, 1.807) is 0 Å². The van der Waals surface area contributed by atoms with Gasteiger partial charge in [0.25, 0.3) is 0 Å². The molecule has 1 aliphatic rings. The van der Waals surface area contributed by atoms with E-state index in [-0.39, 0.29) is 53.5 Å². The number of rotatable bonds is 0. The largest absolute Gasteiger partial charge is 0.466 e. The van der Waals surface area contributed by atoms with Gasteiger partial charge < -0.3 is 19.6 Å². The molecule has 1 rings (SSSR count). The van der Waals surface area contributed by atoms with Crippen LogP contribution < -0.4 is 0 Å². The first-order valence-corrected chi connectivity index (χ1v) is 3.05. The summed E-state index contributed by atoms with van der Waals surface area (Å²) in [5.41, 5.74) is 0. The van der Waals surface area contributed by atoms with Crippen molar-refractivity contribution in [2.45, 2.75) is 26.7 Å². The first kappa shape index (κ1) is 22.6. The van der Waals surface area contributed by atoms with E-state index >= 15 is 0 Å². The quantitative estimate of drug-likeness (QED) is 0.475. The molecular formula is C8H18O2Y-2. The fourth-order valence-electron chi connectivity index (χ4n) is 0.475. The molecule has 1 radical (unpaired) electrons. The molecule has 0 aliphatic carbocycles. The van der Waals surface area contributed by atoms with Crippen LogP contribution in [0.15, 0.2) is 0 Å². The zero-order valence-electron chi connectivity index (χ0n) is 8.02. The predicted octanol–water partition coefficient (Wildman–Crippen LogP) is 2.25. The molecule has 1 heterocycles. The van der Waals surface area contributed by atoms with Crippen LogP contribution in [0.1, 0.15) is 26.7 Å². The van der Waals surface area contributed by atoms with Gasteiger partial charge in [0.2, 0.25) is 0 Å². The molecule has 0 saturated carbocycles. The first-order chi connectivity index (χ1) is 3.89. The molecule has 1 saturated heterocycles. The maximum absolute atomic E-state index is 10.0. The molecule has 0 bridgehead atoms. The van der Waals surface area contributed by atoms with Gasteiger partial charge in [0, 0.05) is 39.1 Å². The van der Waals surface area contributed by atoms with Crippen LogP contribution in [0, 0.1) is 14.9 Å². The number of esters is 1. The average Bonchev–Trinajstić information content (AvgIpc) is 2.24. The van der Waals surface area contributed by atoms with Crippen molar-refractivity contribution in [3.63, 3.8) is 0 Å². The van der Waals surface area contributed by atoms with Crippen LogP contribution in [0.5, 0.6) is 0 Å². The molecule has 0 aromatic carbocycles. The van der Waals surface area contributed by atoms with Crippen LogP contribution in [0.2, 0.25) is 0 Å². The second-order valence-electron chi connectivity index (χ2n) is 1.32. The summed E-state index contributed by atoms with van der Waals surface area (Å²) >= 11 is 0. The average molecular weight is 235 g/mol. The Bertz CT molecular complexity index is 66.5. The van der Waals surface area contributed by atoms with Gasteiger partial charge >= 0.3 is 5.97 Å². The van der Waals surface area contributed by atoms with Crippen molar-refractivity contribution in [1.29, 1.82) is 0 Å². The van der Waals surface area contributed by atoms with E-state index in [9.17, 15) is 4.79 Å². The Morgan fingerprint density at radius 3 is 1.82 bits per heavy atom. The van der Waals surface area contributed by atoms with Gasteiger partial charge in [0.05, 0.1) is 6.61 Å². The van der Waals surface area contributed by atoms with Crippen LogP contribution in [0.4, 0.5) is 0 Å². The van der Waals surface area contributed by atoms with Crippen molar-refractivity contribution >= 4 is 5.97 Å². The molecule has 1 fully saturated rings. The summed E-state index contributed by atoms with van der Waals surface area (Å²) in [5.74, 6) is -0.0463. The molecule has 0 N–H and O–H groups in total. The second-order valence-corrected chi connectivity index (χ2v) is 1.32. The zero-order valence-corrected chi connectivity index (χ0v) is 10.9. The third kappa shape index (κ3) is 13.6. The first-order valence-electron chi connectivity index (χ1n) is 3.05. The number of carbonyl (C=O) groups excluding carboxylic acids is 1. The molecule has 3 heteroatoms. The van der Waals surface area contributed by atoms with Crippen molar-refractivity contribution in [1.82, 2.24) is 0 Å². The maximum atomic E-state index is 10.0. The summed E-state index contributed by atoms with van der Waals surface area (Å²) in [4.78, 5) is 10.0. The summed E-state index contributed by atoms with van der Waals surface area (Å²) in [6.07, 6.45) is 1.54. The number of ether oxygens (including phenoxy) is 1. The third-order valence-corrected chi connectivity index (χ3v) is 0.788. The van der Waals surface area contributed by atoms with Crippen LogP contribution in [-0.2, 0) is 42.2 Å². The molecule has 0 aromatic heterocycles. The molecule has 2 nitrogen and oxygen atoms in total. The minimum absolute atomic E-state index is 0. The summed E-state index contributed by atoms with van der Waals surface area (Å²) in [6, 6.07) is 0. The molecule has 67 valence electrons. The minimum atomic E-state index is -0.0463. The summed E-state index contributed by atoms with van der Waals surface area (Å²) < 4.78 is 4.51. The normalized spacial score (nSPS) is 12.0. The maximum Gasteiger partial charge on any atom is 0.305 e. The van der Waals surface area contributed by atoms with Crippen LogP contribution in [0.25, 0.3) is 0 Å². The molecule has 0 spiro atoms. The van der Waals surface area contributed by atoms with Gasteiger partial charge in [-0.1, -0.05) is 13.8 Å². The molecule has 1 aliphatic heterocycles. The molecular weight excluding hydrogens is 217 g/mol. The van der Waals surface area contributed by atoms with E-state index in [0.717, 1.165) is 6.42 Å². The Morgan fingerprint density at radius 1 is 1.27 bits per heavy atom. The van der Waals surface area contributed by atoms with Crippen molar-refractivity contribution < 1.29 is 42.2 Å². The SMILES string of the molecule is CC.O=C1CCCO1.[CH3-].[CH3-].[Y]. The molecule has 0 unspecified atom stereocenters. The van der Waals surface area contributed by atoms with E-state index in [2.05, 4.69) is 4.74 Å². The second kappa shape index (κ2) is 16.9. The predicted molar refractivity (Wildman–Crippen MR) is 44.4 cm³/mol.